The van der Waals surface area contributed by atoms with Crippen LogP contribution in [0.25, 0.3) is 0 Å². The minimum absolute atomic E-state index is 0.0804. The monoisotopic (exact) mass is 539 g/mol. The van der Waals surface area contributed by atoms with Crippen LogP contribution in [-0.2, 0) is 14.3 Å². The van der Waals surface area contributed by atoms with Gasteiger partial charge in [0.05, 0.1) is 30.9 Å². The Bertz CT molecular complexity index is 1150. The number of ether oxygens (including phenoxy) is 1. The number of piperidine rings is 2. The van der Waals surface area contributed by atoms with Crippen LogP contribution in [0.1, 0.15) is 46.4 Å². The molecule has 4 amide bonds. The molecule has 6 rings (SSSR count). The molecule has 1 spiro atoms. The Morgan fingerprint density at radius 3 is 2.36 bits per heavy atom. The van der Waals surface area contributed by atoms with E-state index in [1.165, 1.54) is 13.1 Å². The summed E-state index contributed by atoms with van der Waals surface area (Å²) in [6, 6.07) is 4.44. The fraction of sp³-hybridized carbons (Fsp3) is 0.643. The molecule has 0 unspecified atom stereocenters. The molecule has 0 aromatic heterocycles. The molecule has 1 aromatic carbocycles. The lowest BCUT2D eigenvalue weighted by atomic mass is 9.72. The summed E-state index contributed by atoms with van der Waals surface area (Å²) in [5.74, 6) is -1.23. The molecular formula is C28H37N5O6. The van der Waals surface area contributed by atoms with Gasteiger partial charge in [-0.25, -0.2) is 0 Å². The third kappa shape index (κ3) is 5.08. The molecule has 210 valence electrons. The maximum Gasteiger partial charge on any atom is 0.262 e. The lowest BCUT2D eigenvalue weighted by Crippen LogP contribution is -2.72. The number of nitrogens with zero attached hydrogens (tertiary/aromatic N) is 4. The Labute approximate surface area is 228 Å². The fourth-order valence-electron chi connectivity index (χ4n) is 7.05. The normalized spacial score (nSPS) is 25.6. The summed E-state index contributed by atoms with van der Waals surface area (Å²) in [4.78, 5) is 58.3. The van der Waals surface area contributed by atoms with Gasteiger partial charge in [-0.05, 0) is 43.4 Å². The highest BCUT2D eigenvalue weighted by Gasteiger charge is 2.51. The predicted octanol–water partition coefficient (Wildman–Crippen LogP) is -0.0693. The molecule has 4 fully saturated rings. The molecule has 1 aromatic rings. The lowest BCUT2D eigenvalue weighted by Gasteiger charge is -2.61. The van der Waals surface area contributed by atoms with Crippen LogP contribution in [0.4, 0.5) is 5.69 Å². The second kappa shape index (κ2) is 10.6. The number of benzene rings is 1. The molecule has 4 saturated heterocycles. The molecule has 1 atom stereocenters. The zero-order valence-corrected chi connectivity index (χ0v) is 22.3. The van der Waals surface area contributed by atoms with Gasteiger partial charge in [0, 0.05) is 69.9 Å². The summed E-state index contributed by atoms with van der Waals surface area (Å²) < 4.78 is 5.38. The molecule has 5 aliphatic rings. The first kappa shape index (κ1) is 26.4. The van der Waals surface area contributed by atoms with E-state index in [-0.39, 0.29) is 25.4 Å². The zero-order chi connectivity index (χ0) is 27.1. The molecule has 0 bridgehead atoms. The average Bonchev–Trinajstić information content (AvgIpc) is 3.13. The molecule has 11 nitrogen and oxygen atoms in total. The van der Waals surface area contributed by atoms with Gasteiger partial charge in [-0.1, -0.05) is 0 Å². The van der Waals surface area contributed by atoms with Gasteiger partial charge in [0.2, 0.25) is 11.8 Å². The van der Waals surface area contributed by atoms with Gasteiger partial charge in [-0.3, -0.25) is 34.3 Å². The Balaban J connectivity index is 0.970. The van der Waals surface area contributed by atoms with Crippen LogP contribution >= 0.6 is 0 Å². The van der Waals surface area contributed by atoms with Crippen molar-refractivity contribution in [3.63, 3.8) is 0 Å². The maximum atomic E-state index is 13.2. The number of aliphatic hydroxyl groups is 1. The lowest BCUT2D eigenvalue weighted by molar-refractivity contribution is -0.136. The summed E-state index contributed by atoms with van der Waals surface area (Å²) in [5, 5.41) is 11.0. The molecule has 39 heavy (non-hydrogen) atoms. The molecule has 0 aliphatic carbocycles. The number of carbonyl (C=O) groups is 4. The Morgan fingerprint density at radius 1 is 0.923 bits per heavy atom. The number of aliphatic hydroxyl groups excluding tert-OH is 1. The third-order valence-corrected chi connectivity index (χ3v) is 8.94. The fourth-order valence-corrected chi connectivity index (χ4v) is 7.05. The zero-order valence-electron chi connectivity index (χ0n) is 22.3. The van der Waals surface area contributed by atoms with Crippen molar-refractivity contribution in [2.45, 2.75) is 31.7 Å². The van der Waals surface area contributed by atoms with Crippen molar-refractivity contribution in [3.8, 4) is 0 Å². The highest BCUT2D eigenvalue weighted by atomic mass is 16.5. The van der Waals surface area contributed by atoms with Crippen LogP contribution in [-0.4, -0.2) is 122 Å². The van der Waals surface area contributed by atoms with Crippen LogP contribution in [0.15, 0.2) is 18.2 Å². The van der Waals surface area contributed by atoms with Crippen molar-refractivity contribution in [2.24, 2.45) is 11.3 Å². The first-order chi connectivity index (χ1) is 18.9. The molecule has 11 heteroatoms. The van der Waals surface area contributed by atoms with Gasteiger partial charge < -0.3 is 19.6 Å². The van der Waals surface area contributed by atoms with Crippen molar-refractivity contribution in [2.75, 3.05) is 77.1 Å². The van der Waals surface area contributed by atoms with Crippen molar-refractivity contribution in [3.05, 3.63) is 29.3 Å². The highest BCUT2D eigenvalue weighted by Crippen LogP contribution is 2.40. The number of hydrogen-bond donors (Lipinski definition) is 2. The number of nitrogens with one attached hydrogen (secondary N) is 1. The van der Waals surface area contributed by atoms with Gasteiger partial charge in [-0.2, -0.15) is 0 Å². The largest absolute Gasteiger partial charge is 0.394 e. The standard InChI is InChI=1S/C28H37N5O6/c34-10-12-39-11-9-30-15-28(16-30)17-31(18-28)14-19-5-7-32(8-6-19)20-1-2-21-22(13-20)27(38)33(26(21)37)23-3-4-24(35)29-25(23)36/h1-2,13,19,23,34H,3-12,14-18H2,(H,29,35,36)/t23-/m0/s1. The molecule has 5 heterocycles. The highest BCUT2D eigenvalue weighted by molar-refractivity contribution is 6.23. The first-order valence-electron chi connectivity index (χ1n) is 14.1. The summed E-state index contributed by atoms with van der Waals surface area (Å²) in [7, 11) is 0. The van der Waals surface area contributed by atoms with Gasteiger partial charge in [-0.15, -0.1) is 0 Å². The molecule has 0 radical (unpaired) electrons. The number of carbonyl (C=O) groups excluding carboxylic acids is 4. The topological polar surface area (TPSA) is 123 Å². The number of fused-ring (bicyclic) bond motifs is 1. The van der Waals surface area contributed by atoms with Gasteiger partial charge in [0.15, 0.2) is 0 Å². The quantitative estimate of drug-likeness (QED) is 0.328. The van der Waals surface area contributed by atoms with Crippen molar-refractivity contribution < 1.29 is 29.0 Å². The summed E-state index contributed by atoms with van der Waals surface area (Å²) >= 11 is 0. The van der Waals surface area contributed by atoms with E-state index in [1.807, 2.05) is 6.07 Å². The van der Waals surface area contributed by atoms with E-state index in [0.29, 0.717) is 35.7 Å². The molecular weight excluding hydrogens is 502 g/mol. The molecule has 5 aliphatic heterocycles. The van der Waals surface area contributed by atoms with E-state index >= 15 is 0 Å². The van der Waals surface area contributed by atoms with E-state index in [9.17, 15) is 19.2 Å². The van der Waals surface area contributed by atoms with E-state index in [4.69, 9.17) is 9.84 Å². The summed E-state index contributed by atoms with van der Waals surface area (Å²) in [5.41, 5.74) is 2.05. The van der Waals surface area contributed by atoms with E-state index in [0.717, 1.165) is 62.7 Å². The maximum absolute atomic E-state index is 13.2. The number of amides is 4. The van der Waals surface area contributed by atoms with Crippen molar-refractivity contribution in [1.29, 1.82) is 0 Å². The minimum Gasteiger partial charge on any atom is -0.394 e. The second-order valence-electron chi connectivity index (χ2n) is 11.8. The number of likely N-dealkylation sites (tertiary alicyclic amines) is 2. The Kier molecular flexibility index (Phi) is 7.17. The van der Waals surface area contributed by atoms with Crippen LogP contribution in [0.2, 0.25) is 0 Å². The number of imide groups is 2. The predicted molar refractivity (Wildman–Crippen MR) is 141 cm³/mol. The third-order valence-electron chi connectivity index (χ3n) is 8.94. The molecule has 2 N–H and O–H groups in total. The first-order valence-corrected chi connectivity index (χ1v) is 14.1. The molecule has 0 saturated carbocycles. The number of hydrogen-bond acceptors (Lipinski definition) is 9. The van der Waals surface area contributed by atoms with Crippen molar-refractivity contribution in [1.82, 2.24) is 20.0 Å². The van der Waals surface area contributed by atoms with Gasteiger partial charge in [0.25, 0.3) is 11.8 Å². The average molecular weight is 540 g/mol. The van der Waals surface area contributed by atoms with E-state index in [2.05, 4.69) is 20.0 Å². The van der Waals surface area contributed by atoms with Crippen LogP contribution in [0.3, 0.4) is 0 Å². The minimum atomic E-state index is -0.941. The number of anilines is 1. The summed E-state index contributed by atoms with van der Waals surface area (Å²) in [6.45, 7) is 9.70. The van der Waals surface area contributed by atoms with Crippen LogP contribution in [0.5, 0.6) is 0 Å². The Hall–Kier alpha value is -2.86. The Morgan fingerprint density at radius 2 is 1.64 bits per heavy atom. The summed E-state index contributed by atoms with van der Waals surface area (Å²) in [6.07, 6.45) is 2.45. The second-order valence-corrected chi connectivity index (χ2v) is 11.8. The van der Waals surface area contributed by atoms with E-state index in [1.54, 1.807) is 12.1 Å². The van der Waals surface area contributed by atoms with Gasteiger partial charge >= 0.3 is 0 Å². The number of rotatable bonds is 9. The van der Waals surface area contributed by atoms with Crippen molar-refractivity contribution >= 4 is 29.3 Å². The SMILES string of the molecule is O=C1CC[C@H](N2C(=O)c3ccc(N4CCC(CN5CC6(CN(CCOCCO)C6)C5)CC4)cc3C2=O)C(=O)N1. The van der Waals surface area contributed by atoms with Gasteiger partial charge in [0.1, 0.15) is 6.04 Å². The van der Waals surface area contributed by atoms with E-state index < -0.39 is 23.8 Å². The van der Waals surface area contributed by atoms with Crippen LogP contribution < -0.4 is 10.2 Å². The van der Waals surface area contributed by atoms with Crippen LogP contribution in [0, 0.1) is 11.3 Å². The smallest absolute Gasteiger partial charge is 0.262 e.